The highest BCUT2D eigenvalue weighted by atomic mass is 32.1. The number of carbonyl (C=O) groups excluding carboxylic acids is 1. The number of alkyl halides is 3. The van der Waals surface area contributed by atoms with Crippen molar-refractivity contribution in [3.8, 4) is 11.5 Å². The summed E-state index contributed by atoms with van der Waals surface area (Å²) in [6, 6.07) is 10.9. The molecular formula is C28H28F3N3O5S. The molecule has 0 bridgehead atoms. The SMILES string of the molecule is O=C(c1csc(CN(Cc2cccc(C(F)(F)F)c2)Cc2ccc3c(c2)OCO3)n1)N1CCC2(CC1)OCCO2. The molecule has 1 amide bonds. The topological polar surface area (TPSA) is 73.4 Å². The third kappa shape index (κ3) is 5.95. The molecule has 3 aliphatic heterocycles. The molecule has 0 aliphatic carbocycles. The van der Waals surface area contributed by atoms with Crippen molar-refractivity contribution in [2.24, 2.45) is 0 Å². The van der Waals surface area contributed by atoms with Crippen molar-refractivity contribution in [3.63, 3.8) is 0 Å². The van der Waals surface area contributed by atoms with Crippen molar-refractivity contribution in [3.05, 3.63) is 75.2 Å². The summed E-state index contributed by atoms with van der Waals surface area (Å²) in [4.78, 5) is 21.5. The molecular weight excluding hydrogens is 547 g/mol. The van der Waals surface area contributed by atoms with Crippen LogP contribution in [0, 0.1) is 0 Å². The zero-order valence-electron chi connectivity index (χ0n) is 21.6. The summed E-state index contributed by atoms with van der Waals surface area (Å²) in [6.07, 6.45) is -3.18. The van der Waals surface area contributed by atoms with Crippen LogP contribution in [0.3, 0.4) is 0 Å². The lowest BCUT2D eigenvalue weighted by molar-refractivity contribution is -0.181. The van der Waals surface area contributed by atoms with Gasteiger partial charge in [0.25, 0.3) is 5.91 Å². The van der Waals surface area contributed by atoms with Crippen LogP contribution in [0.4, 0.5) is 13.2 Å². The van der Waals surface area contributed by atoms with Crippen LogP contribution in [0.5, 0.6) is 11.5 Å². The molecule has 4 heterocycles. The highest BCUT2D eigenvalue weighted by molar-refractivity contribution is 7.09. The van der Waals surface area contributed by atoms with Crippen molar-refractivity contribution in [2.45, 2.75) is 44.4 Å². The minimum Gasteiger partial charge on any atom is -0.454 e. The molecule has 2 aromatic carbocycles. The van der Waals surface area contributed by atoms with Crippen molar-refractivity contribution in [1.29, 1.82) is 0 Å². The van der Waals surface area contributed by atoms with E-state index < -0.39 is 17.5 Å². The maximum absolute atomic E-state index is 13.3. The number of likely N-dealkylation sites (tertiary alicyclic amines) is 1. The second kappa shape index (κ2) is 11.0. The van der Waals surface area contributed by atoms with E-state index in [-0.39, 0.29) is 19.2 Å². The van der Waals surface area contributed by atoms with Gasteiger partial charge >= 0.3 is 6.18 Å². The maximum atomic E-state index is 13.3. The number of nitrogens with zero attached hydrogens (tertiary/aromatic N) is 3. The zero-order valence-corrected chi connectivity index (χ0v) is 22.4. The predicted molar refractivity (Wildman–Crippen MR) is 139 cm³/mol. The number of fused-ring (bicyclic) bond motifs is 1. The van der Waals surface area contributed by atoms with E-state index in [1.54, 1.807) is 16.3 Å². The lowest BCUT2D eigenvalue weighted by Gasteiger charge is -2.37. The van der Waals surface area contributed by atoms with Gasteiger partial charge in [0, 0.05) is 44.4 Å². The van der Waals surface area contributed by atoms with Gasteiger partial charge in [-0.1, -0.05) is 24.3 Å². The molecule has 212 valence electrons. The molecule has 2 fully saturated rings. The van der Waals surface area contributed by atoms with E-state index in [1.807, 2.05) is 23.1 Å². The van der Waals surface area contributed by atoms with Crippen molar-refractivity contribution in [2.75, 3.05) is 33.1 Å². The van der Waals surface area contributed by atoms with Gasteiger partial charge in [0.05, 0.1) is 25.3 Å². The minimum absolute atomic E-state index is 0.143. The fourth-order valence-corrected chi connectivity index (χ4v) is 6.05. The molecule has 1 spiro atoms. The van der Waals surface area contributed by atoms with Crippen LogP contribution < -0.4 is 9.47 Å². The lowest BCUT2D eigenvalue weighted by atomic mass is 10.0. The number of halogens is 3. The van der Waals surface area contributed by atoms with Gasteiger partial charge in [0.1, 0.15) is 10.7 Å². The first-order valence-electron chi connectivity index (χ1n) is 13.0. The summed E-state index contributed by atoms with van der Waals surface area (Å²) in [5.41, 5.74) is 1.13. The van der Waals surface area contributed by atoms with Crippen molar-refractivity contribution < 1.29 is 36.9 Å². The molecule has 1 aromatic heterocycles. The number of ether oxygens (including phenoxy) is 4. The summed E-state index contributed by atoms with van der Waals surface area (Å²) < 4.78 is 62.4. The van der Waals surface area contributed by atoms with Crippen LogP contribution >= 0.6 is 11.3 Å². The molecule has 0 N–H and O–H groups in total. The molecule has 6 rings (SSSR count). The maximum Gasteiger partial charge on any atom is 0.416 e. The first-order valence-corrected chi connectivity index (χ1v) is 13.9. The van der Waals surface area contributed by atoms with E-state index in [9.17, 15) is 18.0 Å². The Morgan fingerprint density at radius 2 is 1.70 bits per heavy atom. The third-order valence-electron chi connectivity index (χ3n) is 7.26. The van der Waals surface area contributed by atoms with Crippen LogP contribution in [-0.2, 0) is 35.3 Å². The van der Waals surface area contributed by atoms with Gasteiger partial charge in [-0.05, 0) is 29.3 Å². The highest BCUT2D eigenvalue weighted by Crippen LogP contribution is 2.34. The molecule has 40 heavy (non-hydrogen) atoms. The average molecular weight is 576 g/mol. The number of hydrogen-bond acceptors (Lipinski definition) is 8. The van der Waals surface area contributed by atoms with Gasteiger partial charge in [-0.3, -0.25) is 9.69 Å². The molecule has 8 nitrogen and oxygen atoms in total. The second-order valence-electron chi connectivity index (χ2n) is 10.1. The number of thiazole rings is 1. The molecule has 3 aliphatic rings. The summed E-state index contributed by atoms with van der Waals surface area (Å²) in [5.74, 6) is 0.583. The Balaban J connectivity index is 1.17. The molecule has 0 unspecified atom stereocenters. The van der Waals surface area contributed by atoms with E-state index >= 15 is 0 Å². The first-order chi connectivity index (χ1) is 19.3. The number of piperidine rings is 1. The largest absolute Gasteiger partial charge is 0.454 e. The van der Waals surface area contributed by atoms with Crippen LogP contribution in [0.15, 0.2) is 47.8 Å². The zero-order chi connectivity index (χ0) is 27.7. The Bertz CT molecular complexity index is 1370. The van der Waals surface area contributed by atoms with E-state index in [1.165, 1.54) is 23.5 Å². The lowest BCUT2D eigenvalue weighted by Crippen LogP contribution is -2.47. The standard InChI is InChI=1S/C28H28F3N3O5S/c29-28(30,31)21-3-1-2-19(12-21)14-33(15-20-4-5-23-24(13-20)37-18-36-23)16-25-32-22(17-40-25)26(35)34-8-6-27(7-9-34)38-10-11-39-27/h1-5,12-13,17H,6-11,14-16,18H2. The summed E-state index contributed by atoms with van der Waals surface area (Å²) in [7, 11) is 0. The molecule has 2 saturated heterocycles. The molecule has 3 aromatic rings. The number of carbonyl (C=O) groups is 1. The van der Waals surface area contributed by atoms with Gasteiger partial charge < -0.3 is 23.8 Å². The smallest absolute Gasteiger partial charge is 0.416 e. The minimum atomic E-state index is -4.42. The fraction of sp³-hybridized carbons (Fsp3) is 0.429. The van der Waals surface area contributed by atoms with Gasteiger partial charge in [-0.25, -0.2) is 4.98 Å². The van der Waals surface area contributed by atoms with Crippen LogP contribution in [0.2, 0.25) is 0 Å². The molecule has 0 radical (unpaired) electrons. The Labute approximate surface area is 233 Å². The highest BCUT2D eigenvalue weighted by Gasteiger charge is 2.41. The number of benzene rings is 2. The monoisotopic (exact) mass is 575 g/mol. The Morgan fingerprint density at radius 3 is 2.45 bits per heavy atom. The molecule has 0 saturated carbocycles. The van der Waals surface area contributed by atoms with Crippen LogP contribution in [0.1, 0.15) is 45.0 Å². The van der Waals surface area contributed by atoms with Crippen LogP contribution in [-0.4, -0.2) is 59.6 Å². The third-order valence-corrected chi connectivity index (χ3v) is 8.09. The summed E-state index contributed by atoms with van der Waals surface area (Å²) >= 11 is 1.36. The molecule has 12 heteroatoms. The van der Waals surface area contributed by atoms with E-state index in [2.05, 4.69) is 4.98 Å². The average Bonchev–Trinajstić information content (AvgIpc) is 3.70. The second-order valence-corrected chi connectivity index (χ2v) is 11.0. The number of rotatable bonds is 7. The Hall–Kier alpha value is -3.19. The number of amides is 1. The molecule has 0 atom stereocenters. The van der Waals surface area contributed by atoms with Gasteiger partial charge in [0.2, 0.25) is 6.79 Å². The van der Waals surface area contributed by atoms with E-state index in [0.717, 1.165) is 11.6 Å². The predicted octanol–water partition coefficient (Wildman–Crippen LogP) is 5.07. The van der Waals surface area contributed by atoms with E-state index in [4.69, 9.17) is 18.9 Å². The van der Waals surface area contributed by atoms with Gasteiger partial charge in [0.15, 0.2) is 17.3 Å². The first kappa shape index (κ1) is 27.0. The van der Waals surface area contributed by atoms with Crippen molar-refractivity contribution >= 4 is 17.2 Å². The Kier molecular flexibility index (Phi) is 7.43. The summed E-state index contributed by atoms with van der Waals surface area (Å²) in [6.45, 7) is 3.40. The summed E-state index contributed by atoms with van der Waals surface area (Å²) in [5, 5.41) is 2.44. The number of hydrogen-bond donors (Lipinski definition) is 0. The normalized spacial score (nSPS) is 18.1. The Morgan fingerprint density at radius 1 is 0.975 bits per heavy atom. The van der Waals surface area contributed by atoms with Crippen molar-refractivity contribution in [1.82, 2.24) is 14.8 Å². The van der Waals surface area contributed by atoms with E-state index in [0.29, 0.717) is 80.0 Å². The van der Waals surface area contributed by atoms with Crippen LogP contribution in [0.25, 0.3) is 0 Å². The quantitative estimate of drug-likeness (QED) is 0.390. The van der Waals surface area contributed by atoms with Gasteiger partial charge in [-0.15, -0.1) is 11.3 Å². The van der Waals surface area contributed by atoms with Gasteiger partial charge in [-0.2, -0.15) is 13.2 Å². The number of aromatic nitrogens is 1. The fourth-order valence-electron chi connectivity index (χ4n) is 5.24.